The Labute approximate surface area is 127 Å². The number of benzene rings is 1. The Balaban J connectivity index is 2.01. The normalized spacial score (nSPS) is 10.6. The monoisotopic (exact) mass is 307 g/mol. The molecular formula is C15H17NO2S2. The molecule has 0 N–H and O–H groups in total. The summed E-state index contributed by atoms with van der Waals surface area (Å²) in [6.07, 6.45) is 0. The van der Waals surface area contributed by atoms with Gasteiger partial charge in [0.05, 0.1) is 18.1 Å². The molecule has 0 saturated heterocycles. The van der Waals surface area contributed by atoms with Gasteiger partial charge in [-0.2, -0.15) is 0 Å². The lowest BCUT2D eigenvalue weighted by molar-refractivity contribution is 0.0531. The third-order valence-corrected chi connectivity index (χ3v) is 5.03. The van der Waals surface area contributed by atoms with Crippen molar-refractivity contribution in [3.05, 3.63) is 45.4 Å². The number of aromatic nitrogens is 1. The molecule has 5 heteroatoms. The van der Waals surface area contributed by atoms with Gasteiger partial charge in [0.25, 0.3) is 0 Å². The molecule has 0 aliphatic rings. The van der Waals surface area contributed by atoms with E-state index in [1.54, 1.807) is 11.8 Å². The molecule has 3 nitrogen and oxygen atoms in total. The van der Waals surface area contributed by atoms with E-state index in [0.29, 0.717) is 11.5 Å². The second kappa shape index (κ2) is 6.90. The van der Waals surface area contributed by atoms with Crippen molar-refractivity contribution in [3.8, 4) is 0 Å². The van der Waals surface area contributed by atoms with E-state index in [0.717, 1.165) is 16.5 Å². The van der Waals surface area contributed by atoms with Crippen LogP contribution in [0.1, 0.15) is 32.9 Å². The number of aryl methyl sites for hydroxylation is 2. The Hall–Kier alpha value is -1.33. The van der Waals surface area contributed by atoms with E-state index in [9.17, 15) is 4.79 Å². The van der Waals surface area contributed by atoms with E-state index in [-0.39, 0.29) is 5.97 Å². The summed E-state index contributed by atoms with van der Waals surface area (Å²) in [6, 6.07) is 8.40. The first-order valence-electron chi connectivity index (χ1n) is 6.43. The highest BCUT2D eigenvalue weighted by Gasteiger charge is 2.16. The van der Waals surface area contributed by atoms with Gasteiger partial charge in [0.2, 0.25) is 0 Å². The molecule has 2 rings (SSSR count). The van der Waals surface area contributed by atoms with Crippen LogP contribution in [0.15, 0.2) is 29.2 Å². The minimum absolute atomic E-state index is 0.269. The Morgan fingerprint density at radius 1 is 1.30 bits per heavy atom. The number of nitrogens with zero attached hydrogens (tertiary/aromatic N) is 1. The first kappa shape index (κ1) is 15.1. The van der Waals surface area contributed by atoms with Crippen molar-refractivity contribution in [3.63, 3.8) is 0 Å². The summed E-state index contributed by atoms with van der Waals surface area (Å²) in [5.41, 5.74) is 2.01. The maximum absolute atomic E-state index is 11.7. The molecule has 0 fully saturated rings. The molecule has 0 unspecified atom stereocenters. The van der Waals surface area contributed by atoms with E-state index in [1.165, 1.54) is 21.8 Å². The number of hydrogen-bond acceptors (Lipinski definition) is 5. The molecule has 1 aromatic carbocycles. The molecule has 2 aromatic rings. The first-order chi connectivity index (χ1) is 9.60. The molecule has 20 heavy (non-hydrogen) atoms. The maximum atomic E-state index is 11.7. The topological polar surface area (TPSA) is 39.2 Å². The fraction of sp³-hybridized carbons (Fsp3) is 0.333. The molecular weight excluding hydrogens is 290 g/mol. The third kappa shape index (κ3) is 3.84. The highest BCUT2D eigenvalue weighted by atomic mass is 32.2. The van der Waals surface area contributed by atoms with Crippen molar-refractivity contribution in [2.75, 3.05) is 6.61 Å². The summed E-state index contributed by atoms with van der Waals surface area (Å²) in [7, 11) is 0. The molecule has 0 saturated carbocycles. The van der Waals surface area contributed by atoms with Gasteiger partial charge in [-0.15, -0.1) is 23.1 Å². The highest BCUT2D eigenvalue weighted by molar-refractivity contribution is 7.98. The van der Waals surface area contributed by atoms with Crippen LogP contribution < -0.4 is 0 Å². The number of rotatable bonds is 5. The molecule has 0 spiro atoms. The fourth-order valence-corrected chi connectivity index (χ4v) is 3.53. The van der Waals surface area contributed by atoms with Crippen LogP contribution in [0.25, 0.3) is 0 Å². The summed E-state index contributed by atoms with van der Waals surface area (Å²) < 4.78 is 5.02. The zero-order valence-electron chi connectivity index (χ0n) is 11.8. The molecule has 0 aliphatic heterocycles. The van der Waals surface area contributed by atoms with Gasteiger partial charge in [-0.3, -0.25) is 0 Å². The second-order valence-electron chi connectivity index (χ2n) is 4.34. The standard InChI is InChI=1S/C15H17NO2S2/c1-4-18-15(17)14-11(3)16-13(20-14)9-19-12-7-5-10(2)6-8-12/h5-8H,4,9H2,1-3H3. The predicted molar refractivity (Wildman–Crippen MR) is 83.5 cm³/mol. The van der Waals surface area contributed by atoms with Crippen LogP contribution in [-0.2, 0) is 10.5 Å². The Bertz CT molecular complexity index is 590. The van der Waals surface area contributed by atoms with Crippen molar-refractivity contribution >= 4 is 29.1 Å². The number of thiazole rings is 1. The number of esters is 1. The van der Waals surface area contributed by atoms with Crippen molar-refractivity contribution in [2.45, 2.75) is 31.4 Å². The van der Waals surface area contributed by atoms with Gasteiger partial charge < -0.3 is 4.74 Å². The van der Waals surface area contributed by atoms with E-state index in [1.807, 2.05) is 13.8 Å². The fourth-order valence-electron chi connectivity index (χ4n) is 1.68. The minimum atomic E-state index is -0.269. The Morgan fingerprint density at radius 3 is 2.65 bits per heavy atom. The molecule has 1 aromatic heterocycles. The van der Waals surface area contributed by atoms with Crippen molar-refractivity contribution in [2.24, 2.45) is 0 Å². The lowest BCUT2D eigenvalue weighted by Crippen LogP contribution is -2.03. The SMILES string of the molecule is CCOC(=O)c1sc(CSc2ccc(C)cc2)nc1C. The molecule has 0 amide bonds. The minimum Gasteiger partial charge on any atom is -0.462 e. The van der Waals surface area contributed by atoms with Gasteiger partial charge in [0.1, 0.15) is 9.88 Å². The number of ether oxygens (including phenoxy) is 1. The van der Waals surface area contributed by atoms with Gasteiger partial charge in [-0.25, -0.2) is 9.78 Å². The van der Waals surface area contributed by atoms with E-state index >= 15 is 0 Å². The summed E-state index contributed by atoms with van der Waals surface area (Å²) in [4.78, 5) is 18.0. The quantitative estimate of drug-likeness (QED) is 0.612. The molecule has 0 bridgehead atoms. The Morgan fingerprint density at radius 2 is 2.00 bits per heavy atom. The van der Waals surface area contributed by atoms with Crippen LogP contribution in [0, 0.1) is 13.8 Å². The van der Waals surface area contributed by atoms with E-state index < -0.39 is 0 Å². The summed E-state index contributed by atoms with van der Waals surface area (Å²) in [5, 5.41) is 0.955. The van der Waals surface area contributed by atoms with Crippen LogP contribution in [0.2, 0.25) is 0 Å². The molecule has 0 radical (unpaired) electrons. The van der Waals surface area contributed by atoms with Crippen molar-refractivity contribution < 1.29 is 9.53 Å². The average Bonchev–Trinajstić information content (AvgIpc) is 2.80. The highest BCUT2D eigenvalue weighted by Crippen LogP contribution is 2.27. The van der Waals surface area contributed by atoms with Crippen LogP contribution in [-0.4, -0.2) is 17.6 Å². The molecule has 0 atom stereocenters. The van der Waals surface area contributed by atoms with Crippen molar-refractivity contribution in [1.82, 2.24) is 4.98 Å². The molecule has 0 aliphatic carbocycles. The van der Waals surface area contributed by atoms with Gasteiger partial charge >= 0.3 is 5.97 Å². The van der Waals surface area contributed by atoms with Crippen LogP contribution in [0.4, 0.5) is 0 Å². The van der Waals surface area contributed by atoms with Crippen LogP contribution >= 0.6 is 23.1 Å². The smallest absolute Gasteiger partial charge is 0.350 e. The van der Waals surface area contributed by atoms with Gasteiger partial charge in [0, 0.05) is 4.90 Å². The maximum Gasteiger partial charge on any atom is 0.350 e. The summed E-state index contributed by atoms with van der Waals surface area (Å²) >= 11 is 3.15. The lowest BCUT2D eigenvalue weighted by Gasteiger charge is -1.99. The van der Waals surface area contributed by atoms with Crippen LogP contribution in [0.3, 0.4) is 0 Å². The lowest BCUT2D eigenvalue weighted by atomic mass is 10.2. The van der Waals surface area contributed by atoms with Gasteiger partial charge in [-0.05, 0) is 32.9 Å². The number of carbonyl (C=O) groups is 1. The Kier molecular flexibility index (Phi) is 5.20. The molecule has 1 heterocycles. The number of thioether (sulfide) groups is 1. The second-order valence-corrected chi connectivity index (χ2v) is 6.48. The summed E-state index contributed by atoms with van der Waals surface area (Å²) in [6.45, 7) is 6.12. The van der Waals surface area contributed by atoms with E-state index in [2.05, 4.69) is 36.2 Å². The first-order valence-corrected chi connectivity index (χ1v) is 8.23. The average molecular weight is 307 g/mol. The largest absolute Gasteiger partial charge is 0.462 e. The molecule has 106 valence electrons. The number of hydrogen-bond donors (Lipinski definition) is 0. The number of carbonyl (C=O) groups excluding carboxylic acids is 1. The summed E-state index contributed by atoms with van der Waals surface area (Å²) in [5.74, 6) is 0.502. The van der Waals surface area contributed by atoms with Crippen LogP contribution in [0.5, 0.6) is 0 Å². The zero-order valence-corrected chi connectivity index (χ0v) is 13.4. The predicted octanol–water partition coefficient (Wildman–Crippen LogP) is 4.23. The van der Waals surface area contributed by atoms with Gasteiger partial charge in [-0.1, -0.05) is 17.7 Å². The van der Waals surface area contributed by atoms with Crippen molar-refractivity contribution in [1.29, 1.82) is 0 Å². The third-order valence-electron chi connectivity index (χ3n) is 2.69. The zero-order chi connectivity index (χ0) is 14.5. The van der Waals surface area contributed by atoms with Gasteiger partial charge in [0.15, 0.2) is 0 Å². The van der Waals surface area contributed by atoms with E-state index in [4.69, 9.17) is 4.74 Å².